The Labute approximate surface area is 114 Å². The lowest BCUT2D eigenvalue weighted by atomic mass is 10.2. The fraction of sp³-hybridized carbons (Fsp3) is 0.308. The Bertz CT molecular complexity index is 526. The highest BCUT2D eigenvalue weighted by molar-refractivity contribution is 5.33. The third kappa shape index (κ3) is 4.58. The largest absolute Gasteiger partial charge is 0.573 e. The minimum Gasteiger partial charge on any atom is -0.405 e. The van der Waals surface area contributed by atoms with Crippen LogP contribution in [0.15, 0.2) is 42.7 Å². The van der Waals surface area contributed by atoms with Crippen molar-refractivity contribution in [2.75, 3.05) is 6.54 Å². The van der Waals surface area contributed by atoms with Crippen LogP contribution >= 0.6 is 0 Å². The third-order valence-electron chi connectivity index (χ3n) is 2.59. The molecule has 2 rings (SSSR count). The molecule has 0 saturated carbocycles. The van der Waals surface area contributed by atoms with Crippen LogP contribution in [-0.2, 0) is 13.1 Å². The normalized spacial score (nSPS) is 11.6. The Balaban J connectivity index is 1.86. The fourth-order valence-electron chi connectivity index (χ4n) is 1.72. The molecule has 20 heavy (non-hydrogen) atoms. The van der Waals surface area contributed by atoms with Gasteiger partial charge >= 0.3 is 6.36 Å². The number of nitrogens with one attached hydrogen (secondary N) is 1. The molecule has 108 valence electrons. The van der Waals surface area contributed by atoms with Gasteiger partial charge in [0.1, 0.15) is 5.75 Å². The van der Waals surface area contributed by atoms with Crippen LogP contribution in [0.3, 0.4) is 0 Å². The zero-order valence-electron chi connectivity index (χ0n) is 10.6. The molecule has 2 aromatic rings. The average Bonchev–Trinajstić information content (AvgIpc) is 2.88. The second-order valence-corrected chi connectivity index (χ2v) is 4.10. The SMILES string of the molecule is FC(F)(F)Oc1ccccc1CNCCn1cccn1. The van der Waals surface area contributed by atoms with Crippen molar-refractivity contribution >= 4 is 0 Å². The monoisotopic (exact) mass is 285 g/mol. The number of ether oxygens (including phenoxy) is 1. The van der Waals surface area contributed by atoms with Gasteiger partial charge in [-0.25, -0.2) is 0 Å². The lowest BCUT2D eigenvalue weighted by Crippen LogP contribution is -2.22. The highest BCUT2D eigenvalue weighted by atomic mass is 19.4. The summed E-state index contributed by atoms with van der Waals surface area (Å²) >= 11 is 0. The molecule has 0 amide bonds. The second-order valence-electron chi connectivity index (χ2n) is 4.10. The minimum absolute atomic E-state index is 0.174. The van der Waals surface area contributed by atoms with Crippen molar-refractivity contribution in [1.29, 1.82) is 0 Å². The van der Waals surface area contributed by atoms with E-state index in [0.717, 1.165) is 0 Å². The highest BCUT2D eigenvalue weighted by Crippen LogP contribution is 2.25. The Kier molecular flexibility index (Phi) is 4.62. The van der Waals surface area contributed by atoms with Gasteiger partial charge in [-0.1, -0.05) is 18.2 Å². The fourth-order valence-corrected chi connectivity index (χ4v) is 1.72. The molecule has 0 aliphatic carbocycles. The van der Waals surface area contributed by atoms with E-state index in [1.54, 1.807) is 23.0 Å². The zero-order valence-corrected chi connectivity index (χ0v) is 10.6. The maximum atomic E-state index is 12.2. The predicted octanol–water partition coefficient (Wildman–Crippen LogP) is 2.57. The molecule has 0 saturated heterocycles. The number of aromatic nitrogens is 2. The van der Waals surface area contributed by atoms with Crippen molar-refractivity contribution < 1.29 is 17.9 Å². The molecule has 1 N–H and O–H groups in total. The number of para-hydroxylation sites is 1. The zero-order chi connectivity index (χ0) is 14.4. The standard InChI is InChI=1S/C13H14F3N3O/c14-13(15,16)20-12-5-2-1-4-11(12)10-17-7-9-19-8-3-6-18-19/h1-6,8,17H,7,9-10H2. The van der Waals surface area contributed by atoms with Crippen molar-refractivity contribution in [2.24, 2.45) is 0 Å². The van der Waals surface area contributed by atoms with E-state index in [-0.39, 0.29) is 5.75 Å². The maximum absolute atomic E-state index is 12.2. The van der Waals surface area contributed by atoms with Crippen LogP contribution in [0.2, 0.25) is 0 Å². The molecule has 0 atom stereocenters. The Morgan fingerprint density at radius 3 is 2.70 bits per heavy atom. The average molecular weight is 285 g/mol. The van der Waals surface area contributed by atoms with Crippen LogP contribution in [0.4, 0.5) is 13.2 Å². The first-order valence-electron chi connectivity index (χ1n) is 6.06. The summed E-state index contributed by atoms with van der Waals surface area (Å²) in [6, 6.07) is 7.90. The molecule has 0 spiro atoms. The van der Waals surface area contributed by atoms with Crippen molar-refractivity contribution in [3.63, 3.8) is 0 Å². The lowest BCUT2D eigenvalue weighted by molar-refractivity contribution is -0.274. The lowest BCUT2D eigenvalue weighted by Gasteiger charge is -2.13. The van der Waals surface area contributed by atoms with E-state index >= 15 is 0 Å². The first-order chi connectivity index (χ1) is 9.54. The first-order valence-corrected chi connectivity index (χ1v) is 6.06. The van der Waals surface area contributed by atoms with E-state index < -0.39 is 6.36 Å². The topological polar surface area (TPSA) is 39.1 Å². The molecule has 0 aliphatic rings. The number of nitrogens with zero attached hydrogens (tertiary/aromatic N) is 2. The molecule has 1 aromatic heterocycles. The van der Waals surface area contributed by atoms with Crippen LogP contribution in [0.5, 0.6) is 5.75 Å². The van der Waals surface area contributed by atoms with Crippen LogP contribution in [0, 0.1) is 0 Å². The van der Waals surface area contributed by atoms with E-state index in [4.69, 9.17) is 0 Å². The van der Waals surface area contributed by atoms with Gasteiger partial charge in [0.25, 0.3) is 0 Å². The molecule has 0 aliphatic heterocycles. The Morgan fingerprint density at radius 1 is 1.20 bits per heavy atom. The quantitative estimate of drug-likeness (QED) is 0.829. The molecule has 1 heterocycles. The highest BCUT2D eigenvalue weighted by Gasteiger charge is 2.31. The van der Waals surface area contributed by atoms with Crippen molar-refractivity contribution in [3.05, 3.63) is 48.3 Å². The van der Waals surface area contributed by atoms with Gasteiger partial charge in [-0.15, -0.1) is 13.2 Å². The molecule has 4 nitrogen and oxygen atoms in total. The van der Waals surface area contributed by atoms with Crippen LogP contribution in [-0.4, -0.2) is 22.7 Å². The van der Waals surface area contributed by atoms with Gasteiger partial charge in [-0.05, 0) is 12.1 Å². The minimum atomic E-state index is -4.68. The molecule has 0 fully saturated rings. The van der Waals surface area contributed by atoms with Crippen molar-refractivity contribution in [1.82, 2.24) is 15.1 Å². The van der Waals surface area contributed by atoms with Gasteiger partial charge < -0.3 is 10.1 Å². The van der Waals surface area contributed by atoms with Crippen LogP contribution < -0.4 is 10.1 Å². The molecular weight excluding hydrogens is 271 g/mol. The van der Waals surface area contributed by atoms with E-state index in [9.17, 15) is 13.2 Å². The Hall–Kier alpha value is -2.02. The van der Waals surface area contributed by atoms with E-state index in [1.807, 2.05) is 12.3 Å². The smallest absolute Gasteiger partial charge is 0.405 e. The van der Waals surface area contributed by atoms with Gasteiger partial charge in [-0.2, -0.15) is 5.10 Å². The Morgan fingerprint density at radius 2 is 2.00 bits per heavy atom. The second kappa shape index (κ2) is 6.42. The third-order valence-corrected chi connectivity index (χ3v) is 2.59. The van der Waals surface area contributed by atoms with Crippen molar-refractivity contribution in [3.8, 4) is 5.75 Å². The summed E-state index contributed by atoms with van der Waals surface area (Å²) < 4.78 is 42.4. The molecule has 0 unspecified atom stereocenters. The number of rotatable bonds is 6. The van der Waals surface area contributed by atoms with Gasteiger partial charge in [0, 0.05) is 31.0 Å². The van der Waals surface area contributed by atoms with Gasteiger partial charge in [0.2, 0.25) is 0 Å². The number of halogens is 3. The van der Waals surface area contributed by atoms with Gasteiger partial charge in [0.15, 0.2) is 0 Å². The van der Waals surface area contributed by atoms with E-state index in [2.05, 4.69) is 15.2 Å². The number of alkyl halides is 3. The molecule has 0 bridgehead atoms. The summed E-state index contributed by atoms with van der Waals surface area (Å²) in [6.45, 7) is 1.55. The van der Waals surface area contributed by atoms with Crippen LogP contribution in [0.25, 0.3) is 0 Å². The van der Waals surface area contributed by atoms with E-state index in [0.29, 0.717) is 25.2 Å². The molecule has 0 radical (unpaired) electrons. The summed E-state index contributed by atoms with van der Waals surface area (Å²) in [5, 5.41) is 7.09. The predicted molar refractivity (Wildman–Crippen MR) is 67.1 cm³/mol. The van der Waals surface area contributed by atoms with Crippen LogP contribution in [0.1, 0.15) is 5.56 Å². The maximum Gasteiger partial charge on any atom is 0.573 e. The summed E-state index contributed by atoms with van der Waals surface area (Å²) in [6.07, 6.45) is -1.18. The summed E-state index contributed by atoms with van der Waals surface area (Å²) in [4.78, 5) is 0. The summed E-state index contributed by atoms with van der Waals surface area (Å²) in [5.74, 6) is -0.174. The molecule has 7 heteroatoms. The van der Waals surface area contributed by atoms with Crippen molar-refractivity contribution in [2.45, 2.75) is 19.5 Å². The number of hydrogen-bond acceptors (Lipinski definition) is 3. The molecule has 1 aromatic carbocycles. The first kappa shape index (κ1) is 14.4. The number of hydrogen-bond donors (Lipinski definition) is 1. The molecular formula is C13H14F3N3O. The summed E-state index contributed by atoms with van der Waals surface area (Å²) in [7, 11) is 0. The van der Waals surface area contributed by atoms with Gasteiger partial charge in [0.05, 0.1) is 6.54 Å². The van der Waals surface area contributed by atoms with E-state index in [1.165, 1.54) is 12.1 Å². The number of benzene rings is 1. The van der Waals surface area contributed by atoms with Gasteiger partial charge in [-0.3, -0.25) is 4.68 Å². The summed E-state index contributed by atoms with van der Waals surface area (Å²) in [5.41, 5.74) is 0.463.